The topological polar surface area (TPSA) is 83.6 Å². The SMILES string of the molecule is CC(C)NC(=O)N1CCOc2ccc(CCC(=O)NCc3ccccn3)cc2C1. The molecule has 3 amide bonds. The second-order valence-corrected chi connectivity index (χ2v) is 7.41. The van der Waals surface area contributed by atoms with E-state index in [1.54, 1.807) is 11.1 Å². The predicted molar refractivity (Wildman–Crippen MR) is 110 cm³/mol. The fourth-order valence-corrected chi connectivity index (χ4v) is 3.15. The van der Waals surface area contributed by atoms with Crippen molar-refractivity contribution in [3.8, 4) is 5.75 Å². The summed E-state index contributed by atoms with van der Waals surface area (Å²) in [5, 5.41) is 5.82. The van der Waals surface area contributed by atoms with Crippen molar-refractivity contribution in [1.82, 2.24) is 20.5 Å². The van der Waals surface area contributed by atoms with Gasteiger partial charge < -0.3 is 20.3 Å². The molecule has 154 valence electrons. The van der Waals surface area contributed by atoms with Gasteiger partial charge in [-0.3, -0.25) is 9.78 Å². The summed E-state index contributed by atoms with van der Waals surface area (Å²) in [5.41, 5.74) is 2.85. The summed E-state index contributed by atoms with van der Waals surface area (Å²) < 4.78 is 5.79. The van der Waals surface area contributed by atoms with E-state index in [9.17, 15) is 9.59 Å². The summed E-state index contributed by atoms with van der Waals surface area (Å²) in [6.07, 6.45) is 2.73. The van der Waals surface area contributed by atoms with Crippen molar-refractivity contribution >= 4 is 11.9 Å². The van der Waals surface area contributed by atoms with Crippen molar-refractivity contribution in [2.75, 3.05) is 13.2 Å². The third kappa shape index (κ3) is 6.20. The Hall–Kier alpha value is -3.09. The van der Waals surface area contributed by atoms with Crippen LogP contribution in [0.15, 0.2) is 42.6 Å². The van der Waals surface area contributed by atoms with Gasteiger partial charge in [-0.05, 0) is 44.0 Å². The van der Waals surface area contributed by atoms with Gasteiger partial charge in [0.1, 0.15) is 12.4 Å². The first-order chi connectivity index (χ1) is 14.0. The molecule has 0 atom stereocenters. The van der Waals surface area contributed by atoms with Crippen LogP contribution in [0.4, 0.5) is 4.79 Å². The van der Waals surface area contributed by atoms with Crippen LogP contribution in [0.3, 0.4) is 0 Å². The quantitative estimate of drug-likeness (QED) is 0.786. The minimum atomic E-state index is -0.0873. The van der Waals surface area contributed by atoms with E-state index in [-0.39, 0.29) is 18.0 Å². The molecule has 0 saturated heterocycles. The van der Waals surface area contributed by atoms with Crippen LogP contribution in [0.2, 0.25) is 0 Å². The summed E-state index contributed by atoms with van der Waals surface area (Å²) in [6, 6.07) is 11.6. The zero-order valence-electron chi connectivity index (χ0n) is 17.0. The van der Waals surface area contributed by atoms with Crippen LogP contribution in [0.25, 0.3) is 0 Å². The molecule has 1 aromatic heterocycles. The number of amides is 3. The van der Waals surface area contributed by atoms with Gasteiger partial charge in [0.15, 0.2) is 0 Å². The van der Waals surface area contributed by atoms with Crippen molar-refractivity contribution in [3.05, 3.63) is 59.4 Å². The van der Waals surface area contributed by atoms with Gasteiger partial charge in [0.05, 0.1) is 25.3 Å². The van der Waals surface area contributed by atoms with E-state index >= 15 is 0 Å². The van der Waals surface area contributed by atoms with E-state index in [1.807, 2.05) is 50.2 Å². The molecule has 0 radical (unpaired) electrons. The van der Waals surface area contributed by atoms with Gasteiger partial charge in [0.25, 0.3) is 0 Å². The van der Waals surface area contributed by atoms with Crippen LogP contribution in [-0.4, -0.2) is 41.0 Å². The molecular weight excluding hydrogens is 368 g/mol. The maximum atomic E-state index is 12.4. The summed E-state index contributed by atoms with van der Waals surface area (Å²) in [5.74, 6) is 0.785. The molecule has 7 heteroatoms. The lowest BCUT2D eigenvalue weighted by atomic mass is 10.0. The van der Waals surface area contributed by atoms with Gasteiger partial charge >= 0.3 is 6.03 Å². The number of benzene rings is 1. The molecule has 2 aromatic rings. The molecule has 0 bridgehead atoms. The van der Waals surface area contributed by atoms with Crippen molar-refractivity contribution in [2.24, 2.45) is 0 Å². The number of carbonyl (C=O) groups is 2. The van der Waals surface area contributed by atoms with Crippen molar-refractivity contribution in [3.63, 3.8) is 0 Å². The Morgan fingerprint density at radius 2 is 2.10 bits per heavy atom. The number of hydrogen-bond donors (Lipinski definition) is 2. The minimum Gasteiger partial charge on any atom is -0.491 e. The largest absolute Gasteiger partial charge is 0.491 e. The summed E-state index contributed by atoms with van der Waals surface area (Å²) in [6.45, 7) is 5.81. The number of carbonyl (C=O) groups excluding carboxylic acids is 2. The summed E-state index contributed by atoms with van der Waals surface area (Å²) in [7, 11) is 0. The Bertz CT molecular complexity index is 839. The van der Waals surface area contributed by atoms with E-state index in [0.29, 0.717) is 39.1 Å². The van der Waals surface area contributed by atoms with E-state index in [4.69, 9.17) is 4.74 Å². The number of nitrogens with zero attached hydrogens (tertiary/aromatic N) is 2. The zero-order chi connectivity index (χ0) is 20.6. The minimum absolute atomic E-state index is 0.0141. The molecule has 0 spiro atoms. The first-order valence-electron chi connectivity index (χ1n) is 9.98. The number of hydrogen-bond acceptors (Lipinski definition) is 4. The van der Waals surface area contributed by atoms with Gasteiger partial charge in [0, 0.05) is 24.2 Å². The summed E-state index contributed by atoms with van der Waals surface area (Å²) in [4.78, 5) is 30.5. The highest BCUT2D eigenvalue weighted by Crippen LogP contribution is 2.25. The maximum Gasteiger partial charge on any atom is 0.318 e. The highest BCUT2D eigenvalue weighted by atomic mass is 16.5. The third-order valence-electron chi connectivity index (χ3n) is 4.64. The van der Waals surface area contributed by atoms with Crippen LogP contribution in [0.1, 0.15) is 37.1 Å². The molecule has 1 aliphatic rings. The lowest BCUT2D eigenvalue weighted by Crippen LogP contribution is -2.43. The van der Waals surface area contributed by atoms with Crippen molar-refractivity contribution in [2.45, 2.75) is 45.8 Å². The first kappa shape index (κ1) is 20.6. The second-order valence-electron chi connectivity index (χ2n) is 7.41. The van der Waals surface area contributed by atoms with Crippen molar-refractivity contribution < 1.29 is 14.3 Å². The highest BCUT2D eigenvalue weighted by molar-refractivity contribution is 5.76. The molecule has 2 heterocycles. The molecule has 1 aromatic carbocycles. The van der Waals surface area contributed by atoms with Crippen LogP contribution in [-0.2, 0) is 24.3 Å². The van der Waals surface area contributed by atoms with E-state index in [0.717, 1.165) is 22.6 Å². The molecule has 3 rings (SSSR count). The molecule has 0 fully saturated rings. The number of pyridine rings is 1. The number of rotatable bonds is 6. The molecule has 2 N–H and O–H groups in total. The van der Waals surface area contributed by atoms with Crippen molar-refractivity contribution in [1.29, 1.82) is 0 Å². The smallest absolute Gasteiger partial charge is 0.318 e. The molecule has 0 saturated carbocycles. The molecule has 0 aliphatic carbocycles. The van der Waals surface area contributed by atoms with Crippen LogP contribution < -0.4 is 15.4 Å². The number of nitrogens with one attached hydrogen (secondary N) is 2. The third-order valence-corrected chi connectivity index (χ3v) is 4.64. The molecule has 7 nitrogen and oxygen atoms in total. The Balaban J connectivity index is 1.56. The summed E-state index contributed by atoms with van der Waals surface area (Å²) >= 11 is 0. The van der Waals surface area contributed by atoms with Crippen LogP contribution >= 0.6 is 0 Å². The lowest BCUT2D eigenvalue weighted by molar-refractivity contribution is -0.121. The lowest BCUT2D eigenvalue weighted by Gasteiger charge is -2.22. The van der Waals surface area contributed by atoms with Crippen LogP contribution in [0.5, 0.6) is 5.75 Å². The van der Waals surface area contributed by atoms with Gasteiger partial charge in [0.2, 0.25) is 5.91 Å². The number of ether oxygens (including phenoxy) is 1. The number of aryl methyl sites for hydroxylation is 1. The van der Waals surface area contributed by atoms with E-state index < -0.39 is 0 Å². The predicted octanol–water partition coefficient (Wildman–Crippen LogP) is 2.64. The number of fused-ring (bicyclic) bond motifs is 1. The molecular formula is C22H28N4O3. The van der Waals surface area contributed by atoms with Gasteiger partial charge in [-0.15, -0.1) is 0 Å². The Morgan fingerprint density at radius 3 is 2.86 bits per heavy atom. The average Bonchev–Trinajstić information content (AvgIpc) is 2.93. The van der Waals surface area contributed by atoms with E-state index in [1.165, 1.54) is 0 Å². The Kier molecular flexibility index (Phi) is 7.05. The highest BCUT2D eigenvalue weighted by Gasteiger charge is 2.20. The molecule has 1 aliphatic heterocycles. The normalized spacial score (nSPS) is 13.3. The Morgan fingerprint density at radius 1 is 1.24 bits per heavy atom. The average molecular weight is 396 g/mol. The van der Waals surface area contributed by atoms with Gasteiger partial charge in [-0.1, -0.05) is 18.2 Å². The monoisotopic (exact) mass is 396 g/mol. The molecule has 0 unspecified atom stereocenters. The fraction of sp³-hybridized carbons (Fsp3) is 0.409. The van der Waals surface area contributed by atoms with Gasteiger partial charge in [-0.25, -0.2) is 4.79 Å². The van der Waals surface area contributed by atoms with E-state index in [2.05, 4.69) is 15.6 Å². The maximum absolute atomic E-state index is 12.4. The fourth-order valence-electron chi connectivity index (χ4n) is 3.15. The van der Waals surface area contributed by atoms with Gasteiger partial charge in [-0.2, -0.15) is 0 Å². The Labute approximate surface area is 171 Å². The second kappa shape index (κ2) is 9.91. The number of urea groups is 1. The molecule has 29 heavy (non-hydrogen) atoms. The zero-order valence-corrected chi connectivity index (χ0v) is 17.0. The first-order valence-corrected chi connectivity index (χ1v) is 9.98. The number of aromatic nitrogens is 1. The van der Waals surface area contributed by atoms with Crippen LogP contribution in [0, 0.1) is 0 Å². The standard InChI is InChI=1S/C22H28N4O3/c1-16(2)25-22(28)26-11-12-29-20-8-6-17(13-18(20)15-26)7-9-21(27)24-14-19-5-3-4-10-23-19/h3-6,8,10,13,16H,7,9,11-12,14-15H2,1-2H3,(H,24,27)(H,25,28).